The molecule has 62 valence electrons. The van der Waals surface area contributed by atoms with Crippen molar-refractivity contribution in [1.29, 1.82) is 0 Å². The van der Waals surface area contributed by atoms with Crippen LogP contribution in [0.1, 0.15) is 19.5 Å². The van der Waals surface area contributed by atoms with Crippen molar-refractivity contribution in [3.63, 3.8) is 0 Å². The molecule has 12 heavy (non-hydrogen) atoms. The number of hydrogen-bond donors (Lipinski definition) is 1. The molecule has 1 aromatic heterocycles. The largest absolute Gasteiger partial charge is 0.372 e. The number of pyridine rings is 1. The number of nitrogens with zero attached hydrogens (tertiary/aromatic N) is 1. The van der Waals surface area contributed by atoms with E-state index in [0.717, 1.165) is 0 Å². The molecule has 0 aliphatic rings. The first-order chi connectivity index (χ1) is 5.67. The molecule has 0 aliphatic carbocycles. The van der Waals surface area contributed by atoms with E-state index < -0.39 is 5.60 Å². The molecule has 0 fully saturated rings. The minimum absolute atomic E-state index is 0.583. The monoisotopic (exact) mass is 161 g/mol. The van der Waals surface area contributed by atoms with E-state index in [9.17, 15) is 5.11 Å². The number of aromatic nitrogens is 1. The highest BCUT2D eigenvalue weighted by Crippen LogP contribution is 2.15. The molecular formula is C10H11NO. The Bertz CT molecular complexity index is 306. The Morgan fingerprint density at radius 1 is 1.50 bits per heavy atom. The Kier molecular flexibility index (Phi) is 2.47. The first-order valence-electron chi connectivity index (χ1n) is 3.74. The van der Waals surface area contributed by atoms with Gasteiger partial charge in [-0.15, -0.1) is 5.92 Å². The van der Waals surface area contributed by atoms with Crippen LogP contribution in [0.4, 0.5) is 0 Å². The highest BCUT2D eigenvalue weighted by atomic mass is 16.3. The molecule has 1 heterocycles. The normalized spacial score (nSPS) is 14.2. The van der Waals surface area contributed by atoms with Gasteiger partial charge in [-0.1, -0.05) is 12.0 Å². The molecule has 2 nitrogen and oxygen atoms in total. The van der Waals surface area contributed by atoms with Gasteiger partial charge in [-0.25, -0.2) is 0 Å². The van der Waals surface area contributed by atoms with Gasteiger partial charge in [0.05, 0.1) is 5.69 Å². The molecule has 1 atom stereocenters. The molecular weight excluding hydrogens is 150 g/mol. The molecule has 1 aromatic rings. The van der Waals surface area contributed by atoms with Gasteiger partial charge in [0.15, 0.2) is 5.60 Å². The van der Waals surface area contributed by atoms with Crippen LogP contribution in [-0.4, -0.2) is 10.1 Å². The summed E-state index contributed by atoms with van der Waals surface area (Å²) in [5, 5.41) is 9.75. The van der Waals surface area contributed by atoms with Gasteiger partial charge < -0.3 is 5.11 Å². The van der Waals surface area contributed by atoms with Crippen LogP contribution in [0, 0.1) is 11.8 Å². The van der Waals surface area contributed by atoms with Gasteiger partial charge in [0.1, 0.15) is 0 Å². The summed E-state index contributed by atoms with van der Waals surface area (Å²) in [7, 11) is 0. The SMILES string of the molecule is CC#CC(C)(O)c1ccccn1. The minimum atomic E-state index is -1.13. The number of rotatable bonds is 1. The van der Waals surface area contributed by atoms with Crippen LogP contribution in [-0.2, 0) is 5.60 Å². The molecule has 1 N–H and O–H groups in total. The second kappa shape index (κ2) is 3.38. The lowest BCUT2D eigenvalue weighted by Gasteiger charge is -2.14. The summed E-state index contributed by atoms with van der Waals surface area (Å²) in [5.74, 6) is 5.35. The summed E-state index contributed by atoms with van der Waals surface area (Å²) in [6, 6.07) is 5.39. The summed E-state index contributed by atoms with van der Waals surface area (Å²) in [5.41, 5.74) is -0.546. The van der Waals surface area contributed by atoms with Crippen molar-refractivity contribution in [3.8, 4) is 11.8 Å². The standard InChI is InChI=1S/C10H11NO/c1-3-7-10(2,12)9-6-4-5-8-11-9/h4-6,8,12H,1-2H3. The molecule has 0 saturated carbocycles. The highest BCUT2D eigenvalue weighted by Gasteiger charge is 2.20. The second-order valence-electron chi connectivity index (χ2n) is 2.66. The third-order valence-electron chi connectivity index (χ3n) is 1.53. The van der Waals surface area contributed by atoms with Gasteiger partial charge in [0.25, 0.3) is 0 Å². The zero-order valence-electron chi connectivity index (χ0n) is 7.20. The van der Waals surface area contributed by atoms with Crippen LogP contribution in [0.15, 0.2) is 24.4 Å². The van der Waals surface area contributed by atoms with E-state index in [1.54, 1.807) is 32.2 Å². The zero-order chi connectivity index (χ0) is 9.03. The van der Waals surface area contributed by atoms with E-state index in [2.05, 4.69) is 16.8 Å². The number of hydrogen-bond acceptors (Lipinski definition) is 2. The lowest BCUT2D eigenvalue weighted by Crippen LogP contribution is -2.19. The summed E-state index contributed by atoms with van der Waals surface area (Å²) >= 11 is 0. The third-order valence-corrected chi connectivity index (χ3v) is 1.53. The minimum Gasteiger partial charge on any atom is -0.372 e. The predicted octanol–water partition coefficient (Wildman–Crippen LogP) is 1.31. The fraction of sp³-hybridized carbons (Fsp3) is 0.300. The molecule has 0 radical (unpaired) electrons. The Morgan fingerprint density at radius 3 is 2.75 bits per heavy atom. The van der Waals surface area contributed by atoms with Gasteiger partial charge in [-0.2, -0.15) is 0 Å². The summed E-state index contributed by atoms with van der Waals surface area (Å²) in [4.78, 5) is 4.02. The maximum atomic E-state index is 9.75. The molecule has 1 rings (SSSR count). The Hall–Kier alpha value is -1.33. The van der Waals surface area contributed by atoms with Crippen LogP contribution < -0.4 is 0 Å². The van der Waals surface area contributed by atoms with E-state index in [1.807, 2.05) is 6.07 Å². The van der Waals surface area contributed by atoms with Gasteiger partial charge >= 0.3 is 0 Å². The quantitative estimate of drug-likeness (QED) is 0.630. The van der Waals surface area contributed by atoms with Crippen LogP contribution in [0.25, 0.3) is 0 Å². The fourth-order valence-electron chi connectivity index (χ4n) is 0.958. The smallest absolute Gasteiger partial charge is 0.164 e. The molecule has 0 spiro atoms. The van der Waals surface area contributed by atoms with Crippen LogP contribution in [0.3, 0.4) is 0 Å². The van der Waals surface area contributed by atoms with Crippen molar-refractivity contribution >= 4 is 0 Å². The molecule has 2 heteroatoms. The average Bonchev–Trinajstić information content (AvgIpc) is 2.06. The Balaban J connectivity index is 3.03. The van der Waals surface area contributed by atoms with E-state index in [0.29, 0.717) is 5.69 Å². The van der Waals surface area contributed by atoms with Crippen molar-refractivity contribution in [2.24, 2.45) is 0 Å². The fourth-order valence-corrected chi connectivity index (χ4v) is 0.958. The summed E-state index contributed by atoms with van der Waals surface area (Å²) < 4.78 is 0. The Labute approximate surface area is 72.3 Å². The van der Waals surface area contributed by atoms with Crippen LogP contribution in [0.2, 0.25) is 0 Å². The van der Waals surface area contributed by atoms with Crippen molar-refractivity contribution in [3.05, 3.63) is 30.1 Å². The summed E-state index contributed by atoms with van der Waals surface area (Å²) in [6.07, 6.45) is 1.64. The molecule has 0 saturated heterocycles. The van der Waals surface area contributed by atoms with Crippen molar-refractivity contribution in [2.75, 3.05) is 0 Å². The maximum absolute atomic E-state index is 9.75. The molecule has 1 unspecified atom stereocenters. The molecule has 0 bridgehead atoms. The summed E-state index contributed by atoms with van der Waals surface area (Å²) in [6.45, 7) is 3.32. The Morgan fingerprint density at radius 2 is 2.25 bits per heavy atom. The van der Waals surface area contributed by atoms with E-state index in [1.165, 1.54) is 0 Å². The van der Waals surface area contributed by atoms with E-state index in [-0.39, 0.29) is 0 Å². The maximum Gasteiger partial charge on any atom is 0.164 e. The van der Waals surface area contributed by atoms with Gasteiger partial charge in [-0.05, 0) is 26.0 Å². The first-order valence-corrected chi connectivity index (χ1v) is 3.74. The second-order valence-corrected chi connectivity index (χ2v) is 2.66. The third kappa shape index (κ3) is 1.84. The van der Waals surface area contributed by atoms with Crippen molar-refractivity contribution in [2.45, 2.75) is 19.4 Å². The first kappa shape index (κ1) is 8.76. The molecule has 0 amide bonds. The number of aliphatic hydroxyl groups is 1. The van der Waals surface area contributed by atoms with Gasteiger partial charge in [0, 0.05) is 6.20 Å². The molecule has 0 aromatic carbocycles. The van der Waals surface area contributed by atoms with Crippen molar-refractivity contribution < 1.29 is 5.11 Å². The lowest BCUT2D eigenvalue weighted by molar-refractivity contribution is 0.117. The van der Waals surface area contributed by atoms with E-state index >= 15 is 0 Å². The van der Waals surface area contributed by atoms with Crippen LogP contribution >= 0.6 is 0 Å². The predicted molar refractivity (Wildman–Crippen MR) is 47.3 cm³/mol. The van der Waals surface area contributed by atoms with Crippen molar-refractivity contribution in [1.82, 2.24) is 4.98 Å². The van der Waals surface area contributed by atoms with Gasteiger partial charge in [-0.3, -0.25) is 4.98 Å². The van der Waals surface area contributed by atoms with Crippen LogP contribution in [0.5, 0.6) is 0 Å². The topological polar surface area (TPSA) is 33.1 Å². The molecule has 0 aliphatic heterocycles. The zero-order valence-corrected chi connectivity index (χ0v) is 7.20. The highest BCUT2D eigenvalue weighted by molar-refractivity contribution is 5.23. The lowest BCUT2D eigenvalue weighted by atomic mass is 10.0. The van der Waals surface area contributed by atoms with E-state index in [4.69, 9.17) is 0 Å². The average molecular weight is 161 g/mol. The van der Waals surface area contributed by atoms with Gasteiger partial charge in [0.2, 0.25) is 0 Å².